The van der Waals surface area contributed by atoms with Gasteiger partial charge in [-0.05, 0) is 49.8 Å². The molecule has 3 rings (SSSR count). The number of carbonyl (C=O) groups is 1. The number of carbonyl (C=O) groups excluding carboxylic acids is 1. The van der Waals surface area contributed by atoms with Crippen molar-refractivity contribution >= 4 is 17.4 Å². The lowest BCUT2D eigenvalue weighted by Gasteiger charge is -2.46. The highest BCUT2D eigenvalue weighted by Gasteiger charge is 2.44. The molecule has 1 saturated carbocycles. The van der Waals surface area contributed by atoms with Crippen LogP contribution in [-0.2, 0) is 16.0 Å². The van der Waals surface area contributed by atoms with Crippen molar-refractivity contribution in [2.45, 2.75) is 44.1 Å². The highest BCUT2D eigenvalue weighted by atomic mass is 35.5. The normalized spacial score (nSPS) is 25.0. The Labute approximate surface area is 119 Å². The van der Waals surface area contributed by atoms with Crippen molar-refractivity contribution in [3.8, 4) is 0 Å². The summed E-state index contributed by atoms with van der Waals surface area (Å²) in [6.45, 7) is 0.747. The van der Waals surface area contributed by atoms with Crippen molar-refractivity contribution in [2.75, 3.05) is 6.61 Å². The average molecular weight is 279 g/mol. The zero-order chi connectivity index (χ0) is 13.3. The summed E-state index contributed by atoms with van der Waals surface area (Å²) < 4.78 is 5.88. The quantitative estimate of drug-likeness (QED) is 0.841. The molecule has 19 heavy (non-hydrogen) atoms. The fourth-order valence-electron chi connectivity index (χ4n) is 3.17. The van der Waals surface area contributed by atoms with Crippen LogP contribution in [0.15, 0.2) is 24.3 Å². The van der Waals surface area contributed by atoms with Gasteiger partial charge in [-0.3, -0.25) is 4.79 Å². The molecule has 0 radical (unpaired) electrons. The first-order chi connectivity index (χ1) is 9.17. The molecule has 1 heterocycles. The second-order valence-corrected chi connectivity index (χ2v) is 6.28. The van der Waals surface area contributed by atoms with Crippen molar-refractivity contribution in [1.82, 2.24) is 0 Å². The van der Waals surface area contributed by atoms with Gasteiger partial charge in [0.15, 0.2) is 0 Å². The molecule has 1 atom stereocenters. The Balaban J connectivity index is 1.62. The van der Waals surface area contributed by atoms with Crippen molar-refractivity contribution in [1.29, 1.82) is 0 Å². The molecule has 1 saturated heterocycles. The largest absolute Gasteiger partial charge is 0.375 e. The van der Waals surface area contributed by atoms with Gasteiger partial charge in [-0.1, -0.05) is 23.7 Å². The first kappa shape index (κ1) is 13.1. The zero-order valence-electron chi connectivity index (χ0n) is 11.0. The average Bonchev–Trinajstić information content (AvgIpc) is 2.40. The maximum Gasteiger partial charge on any atom is 0.140 e. The SMILES string of the molecule is O=C(Cc1ccc(Cl)cc1)C1CCOC2(CCC2)C1. The number of benzene rings is 1. The minimum atomic E-state index is 0.0541. The van der Waals surface area contributed by atoms with E-state index < -0.39 is 0 Å². The van der Waals surface area contributed by atoms with E-state index in [9.17, 15) is 4.79 Å². The number of hydrogen-bond donors (Lipinski definition) is 0. The third-order valence-electron chi connectivity index (χ3n) is 4.50. The molecule has 2 aliphatic rings. The van der Waals surface area contributed by atoms with Crippen molar-refractivity contribution in [2.24, 2.45) is 5.92 Å². The third-order valence-corrected chi connectivity index (χ3v) is 4.76. The van der Waals surface area contributed by atoms with E-state index in [2.05, 4.69) is 0 Å². The molecule has 1 aromatic rings. The van der Waals surface area contributed by atoms with Gasteiger partial charge in [-0.25, -0.2) is 0 Å². The van der Waals surface area contributed by atoms with Crippen molar-refractivity contribution in [3.05, 3.63) is 34.9 Å². The minimum Gasteiger partial charge on any atom is -0.375 e. The van der Waals surface area contributed by atoms with Crippen LogP contribution in [0.4, 0.5) is 0 Å². The Hall–Kier alpha value is -0.860. The lowest BCUT2D eigenvalue weighted by molar-refractivity contribution is -0.155. The second kappa shape index (κ2) is 5.26. The summed E-state index contributed by atoms with van der Waals surface area (Å²) in [5.41, 5.74) is 1.11. The summed E-state index contributed by atoms with van der Waals surface area (Å²) >= 11 is 5.86. The van der Waals surface area contributed by atoms with Crippen LogP contribution in [0.2, 0.25) is 5.02 Å². The van der Waals surface area contributed by atoms with E-state index in [1.165, 1.54) is 6.42 Å². The Kier molecular flexibility index (Phi) is 3.64. The zero-order valence-corrected chi connectivity index (χ0v) is 11.8. The maximum atomic E-state index is 12.4. The molecule has 0 aromatic heterocycles. The number of ether oxygens (including phenoxy) is 1. The highest BCUT2D eigenvalue weighted by molar-refractivity contribution is 6.30. The van der Waals surface area contributed by atoms with Gasteiger partial charge in [0.05, 0.1) is 5.60 Å². The Morgan fingerprint density at radius 3 is 2.68 bits per heavy atom. The van der Waals surface area contributed by atoms with Crippen LogP contribution in [0.1, 0.15) is 37.7 Å². The monoisotopic (exact) mass is 278 g/mol. The number of hydrogen-bond acceptors (Lipinski definition) is 2. The van der Waals surface area contributed by atoms with E-state index in [-0.39, 0.29) is 11.5 Å². The lowest BCUT2D eigenvalue weighted by atomic mass is 9.71. The summed E-state index contributed by atoms with van der Waals surface area (Å²) in [6.07, 6.45) is 5.86. The predicted octanol–water partition coefficient (Wildman–Crippen LogP) is 3.80. The molecular formula is C16H19ClO2. The molecular weight excluding hydrogens is 260 g/mol. The van der Waals surface area contributed by atoms with E-state index in [0.717, 1.165) is 42.9 Å². The fourth-order valence-corrected chi connectivity index (χ4v) is 3.30. The predicted molar refractivity (Wildman–Crippen MR) is 75.4 cm³/mol. The van der Waals surface area contributed by atoms with Crippen LogP contribution in [0.3, 0.4) is 0 Å². The minimum absolute atomic E-state index is 0.0541. The maximum absolute atomic E-state index is 12.4. The van der Waals surface area contributed by atoms with Crippen LogP contribution >= 0.6 is 11.6 Å². The second-order valence-electron chi connectivity index (χ2n) is 5.84. The van der Waals surface area contributed by atoms with Gasteiger partial charge < -0.3 is 4.74 Å². The summed E-state index contributed by atoms with van der Waals surface area (Å²) in [7, 11) is 0. The molecule has 0 amide bonds. The van der Waals surface area contributed by atoms with Crippen LogP contribution in [0.25, 0.3) is 0 Å². The smallest absolute Gasteiger partial charge is 0.140 e. The van der Waals surface area contributed by atoms with Crippen molar-refractivity contribution < 1.29 is 9.53 Å². The van der Waals surface area contributed by atoms with E-state index in [4.69, 9.17) is 16.3 Å². The summed E-state index contributed by atoms with van der Waals surface area (Å²) in [6, 6.07) is 7.58. The standard InChI is InChI=1S/C16H19ClO2/c17-14-4-2-12(3-5-14)10-15(18)13-6-9-19-16(11-13)7-1-8-16/h2-5,13H,1,6-11H2. The first-order valence-electron chi connectivity index (χ1n) is 7.08. The van der Waals surface area contributed by atoms with Crippen molar-refractivity contribution in [3.63, 3.8) is 0 Å². The molecule has 3 heteroatoms. The van der Waals surface area contributed by atoms with E-state index in [1.807, 2.05) is 24.3 Å². The van der Waals surface area contributed by atoms with Gasteiger partial charge in [-0.2, -0.15) is 0 Å². The van der Waals surface area contributed by atoms with E-state index in [0.29, 0.717) is 12.2 Å². The molecule has 2 fully saturated rings. The first-order valence-corrected chi connectivity index (χ1v) is 7.46. The molecule has 1 aromatic carbocycles. The molecule has 1 unspecified atom stereocenters. The Morgan fingerprint density at radius 2 is 2.05 bits per heavy atom. The van der Waals surface area contributed by atoms with Gasteiger partial charge >= 0.3 is 0 Å². The van der Waals surface area contributed by atoms with Gasteiger partial charge in [-0.15, -0.1) is 0 Å². The Morgan fingerprint density at radius 1 is 1.32 bits per heavy atom. The Bertz CT molecular complexity index is 462. The molecule has 1 spiro atoms. The van der Waals surface area contributed by atoms with Gasteiger partial charge in [0.2, 0.25) is 0 Å². The number of rotatable bonds is 3. The van der Waals surface area contributed by atoms with Crippen LogP contribution < -0.4 is 0 Å². The topological polar surface area (TPSA) is 26.3 Å². The fraction of sp³-hybridized carbons (Fsp3) is 0.562. The van der Waals surface area contributed by atoms with Crippen LogP contribution in [-0.4, -0.2) is 18.0 Å². The highest BCUT2D eigenvalue weighted by Crippen LogP contribution is 2.44. The molecule has 0 bridgehead atoms. The number of halogens is 1. The summed E-state index contributed by atoms with van der Waals surface area (Å²) in [4.78, 5) is 12.4. The molecule has 0 N–H and O–H groups in total. The number of ketones is 1. The molecule has 102 valence electrons. The molecule has 1 aliphatic heterocycles. The van der Waals surface area contributed by atoms with Gasteiger partial charge in [0, 0.05) is 24.0 Å². The number of Topliss-reactive ketones (excluding diaryl/α,β-unsaturated/α-hetero) is 1. The third kappa shape index (κ3) is 2.85. The molecule has 2 nitrogen and oxygen atoms in total. The van der Waals surface area contributed by atoms with Gasteiger partial charge in [0.1, 0.15) is 5.78 Å². The lowest BCUT2D eigenvalue weighted by Crippen LogP contribution is -2.47. The summed E-state index contributed by atoms with van der Waals surface area (Å²) in [5.74, 6) is 0.543. The summed E-state index contributed by atoms with van der Waals surface area (Å²) in [5, 5.41) is 0.718. The van der Waals surface area contributed by atoms with Gasteiger partial charge in [0.25, 0.3) is 0 Å². The molecule has 1 aliphatic carbocycles. The van der Waals surface area contributed by atoms with Crippen LogP contribution in [0, 0.1) is 5.92 Å². The van der Waals surface area contributed by atoms with E-state index in [1.54, 1.807) is 0 Å². The van der Waals surface area contributed by atoms with E-state index >= 15 is 0 Å². The van der Waals surface area contributed by atoms with Crippen LogP contribution in [0.5, 0.6) is 0 Å².